The first kappa shape index (κ1) is 20.6. The molecular weight excluding hydrogens is 360 g/mol. The van der Waals surface area contributed by atoms with Crippen LogP contribution in [0.3, 0.4) is 0 Å². The molecule has 6 heteroatoms. The molecule has 0 saturated carbocycles. The molecule has 0 saturated heterocycles. The highest BCUT2D eigenvalue weighted by Crippen LogP contribution is 2.22. The smallest absolute Gasteiger partial charge is 0.191 e. The largest absolute Gasteiger partial charge is 0.356 e. The van der Waals surface area contributed by atoms with Crippen LogP contribution in [0.1, 0.15) is 37.7 Å². The summed E-state index contributed by atoms with van der Waals surface area (Å²) in [4.78, 5) is 4.35. The summed E-state index contributed by atoms with van der Waals surface area (Å²) in [7, 11) is 1.78. The zero-order valence-electron chi connectivity index (χ0n) is 17.7. The summed E-state index contributed by atoms with van der Waals surface area (Å²) in [6, 6.07) is 18.9. The van der Waals surface area contributed by atoms with E-state index in [0.717, 1.165) is 30.4 Å². The van der Waals surface area contributed by atoms with Gasteiger partial charge in [0.05, 0.1) is 6.54 Å². The second-order valence-corrected chi connectivity index (χ2v) is 7.67. The predicted molar refractivity (Wildman–Crippen MR) is 118 cm³/mol. The van der Waals surface area contributed by atoms with Crippen LogP contribution >= 0.6 is 0 Å². The van der Waals surface area contributed by atoms with Crippen molar-refractivity contribution in [2.45, 2.75) is 39.2 Å². The first-order valence-electron chi connectivity index (χ1n) is 10.0. The van der Waals surface area contributed by atoms with Crippen LogP contribution in [-0.2, 0) is 18.4 Å². The molecule has 2 aromatic carbocycles. The maximum atomic E-state index is 4.35. The molecule has 0 aliphatic heterocycles. The fourth-order valence-electron chi connectivity index (χ4n) is 3.17. The Labute approximate surface area is 173 Å². The van der Waals surface area contributed by atoms with Gasteiger partial charge >= 0.3 is 0 Å². The molecule has 3 rings (SSSR count). The molecule has 152 valence electrons. The van der Waals surface area contributed by atoms with Gasteiger partial charge in [-0.05, 0) is 29.7 Å². The van der Waals surface area contributed by atoms with Crippen LogP contribution in [0.5, 0.6) is 0 Å². The molecule has 0 spiro atoms. The third-order valence-corrected chi connectivity index (χ3v) is 5.13. The van der Waals surface area contributed by atoms with E-state index < -0.39 is 0 Å². The number of nitrogens with one attached hydrogen (secondary N) is 2. The molecule has 0 aliphatic carbocycles. The predicted octanol–water partition coefficient (Wildman–Crippen LogP) is 3.47. The quantitative estimate of drug-likeness (QED) is 0.479. The fourth-order valence-corrected chi connectivity index (χ4v) is 3.17. The Balaban J connectivity index is 1.59. The zero-order valence-corrected chi connectivity index (χ0v) is 17.7. The monoisotopic (exact) mass is 390 g/mol. The number of aliphatic imine (C=N–C) groups is 1. The van der Waals surface area contributed by atoms with Gasteiger partial charge in [-0.3, -0.25) is 9.56 Å². The second-order valence-electron chi connectivity index (χ2n) is 7.67. The van der Waals surface area contributed by atoms with Crippen LogP contribution in [0, 0.1) is 0 Å². The molecule has 0 aliphatic rings. The van der Waals surface area contributed by atoms with E-state index in [4.69, 9.17) is 0 Å². The van der Waals surface area contributed by atoms with Gasteiger partial charge in [0.1, 0.15) is 6.33 Å². The molecular formula is C23H30N6. The molecule has 6 nitrogen and oxygen atoms in total. The number of guanidine groups is 1. The molecule has 3 aromatic rings. The lowest BCUT2D eigenvalue weighted by Crippen LogP contribution is -2.43. The van der Waals surface area contributed by atoms with Crippen molar-refractivity contribution in [3.05, 3.63) is 77.9 Å². The van der Waals surface area contributed by atoms with E-state index in [0.29, 0.717) is 6.54 Å². The van der Waals surface area contributed by atoms with E-state index in [2.05, 4.69) is 70.9 Å². The van der Waals surface area contributed by atoms with Crippen molar-refractivity contribution in [1.82, 2.24) is 25.4 Å². The Morgan fingerprint density at radius 3 is 2.41 bits per heavy atom. The summed E-state index contributed by atoms with van der Waals surface area (Å²) in [5.41, 5.74) is 3.68. The standard InChI is InChI=1S/C23H30N6/c1-5-18-11-13-19(14-12-18)23(2,3)16-26-22(24-4)25-15-21-28-27-17-29(21)20-9-7-6-8-10-20/h6-14,17H,5,15-16H2,1-4H3,(H2,24,25,26). The third kappa shape index (κ3) is 5.22. The van der Waals surface area contributed by atoms with Gasteiger partial charge in [-0.15, -0.1) is 10.2 Å². The molecule has 0 bridgehead atoms. The Kier molecular flexibility index (Phi) is 6.65. The third-order valence-electron chi connectivity index (χ3n) is 5.13. The summed E-state index contributed by atoms with van der Waals surface area (Å²) in [6.45, 7) is 7.94. The Morgan fingerprint density at radius 2 is 1.76 bits per heavy atom. The number of nitrogens with zero attached hydrogens (tertiary/aromatic N) is 4. The molecule has 29 heavy (non-hydrogen) atoms. The van der Waals surface area contributed by atoms with E-state index in [9.17, 15) is 0 Å². The minimum absolute atomic E-state index is 0.0199. The Hall–Kier alpha value is -3.15. The summed E-state index contributed by atoms with van der Waals surface area (Å²) in [5.74, 6) is 1.57. The number of hydrogen-bond donors (Lipinski definition) is 2. The number of aromatic nitrogens is 3. The van der Waals surface area contributed by atoms with Crippen molar-refractivity contribution in [3.63, 3.8) is 0 Å². The molecule has 1 aromatic heterocycles. The van der Waals surface area contributed by atoms with Crippen molar-refractivity contribution >= 4 is 5.96 Å². The molecule has 0 unspecified atom stereocenters. The normalized spacial score (nSPS) is 12.1. The van der Waals surface area contributed by atoms with Crippen molar-refractivity contribution in [2.24, 2.45) is 4.99 Å². The number of para-hydroxylation sites is 1. The van der Waals surface area contributed by atoms with Gasteiger partial charge in [0, 0.05) is 24.7 Å². The van der Waals surface area contributed by atoms with Crippen LogP contribution in [-0.4, -0.2) is 34.3 Å². The number of benzene rings is 2. The van der Waals surface area contributed by atoms with Gasteiger partial charge in [0.25, 0.3) is 0 Å². The lowest BCUT2D eigenvalue weighted by Gasteiger charge is -2.27. The fraction of sp³-hybridized carbons (Fsp3) is 0.348. The van der Waals surface area contributed by atoms with E-state index in [1.54, 1.807) is 13.4 Å². The van der Waals surface area contributed by atoms with Gasteiger partial charge in [-0.2, -0.15) is 0 Å². The van der Waals surface area contributed by atoms with Gasteiger partial charge in [-0.1, -0.05) is 63.2 Å². The second kappa shape index (κ2) is 9.37. The highest BCUT2D eigenvalue weighted by molar-refractivity contribution is 5.79. The molecule has 1 heterocycles. The van der Waals surface area contributed by atoms with Crippen molar-refractivity contribution in [2.75, 3.05) is 13.6 Å². The summed E-state index contributed by atoms with van der Waals surface area (Å²) in [6.07, 6.45) is 2.79. The van der Waals surface area contributed by atoms with Crippen LogP contribution < -0.4 is 10.6 Å². The average molecular weight is 391 g/mol. The van der Waals surface area contributed by atoms with Crippen LogP contribution in [0.4, 0.5) is 0 Å². The number of rotatable bonds is 7. The summed E-state index contributed by atoms with van der Waals surface area (Å²) >= 11 is 0. The van der Waals surface area contributed by atoms with Gasteiger partial charge in [-0.25, -0.2) is 0 Å². The minimum Gasteiger partial charge on any atom is -0.356 e. The van der Waals surface area contributed by atoms with Crippen molar-refractivity contribution < 1.29 is 0 Å². The maximum Gasteiger partial charge on any atom is 0.191 e. The van der Waals surface area contributed by atoms with E-state index in [-0.39, 0.29) is 5.41 Å². The average Bonchev–Trinajstić information content (AvgIpc) is 3.23. The SMILES string of the molecule is CCc1ccc(C(C)(C)CNC(=NC)NCc2nncn2-c2ccccc2)cc1. The van der Waals surface area contributed by atoms with Crippen molar-refractivity contribution in [3.8, 4) is 5.69 Å². The number of aryl methyl sites for hydroxylation is 1. The number of hydrogen-bond acceptors (Lipinski definition) is 3. The first-order valence-corrected chi connectivity index (χ1v) is 10.0. The zero-order chi connectivity index (χ0) is 20.7. The Bertz CT molecular complexity index is 926. The van der Waals surface area contributed by atoms with E-state index >= 15 is 0 Å². The Morgan fingerprint density at radius 1 is 1.03 bits per heavy atom. The molecule has 0 amide bonds. The highest BCUT2D eigenvalue weighted by Gasteiger charge is 2.21. The minimum atomic E-state index is -0.0199. The molecule has 0 radical (unpaired) electrons. The van der Waals surface area contributed by atoms with Crippen LogP contribution in [0.2, 0.25) is 0 Å². The van der Waals surface area contributed by atoms with Gasteiger partial charge in [0.2, 0.25) is 0 Å². The highest BCUT2D eigenvalue weighted by atomic mass is 15.3. The topological polar surface area (TPSA) is 67.1 Å². The maximum absolute atomic E-state index is 4.35. The summed E-state index contributed by atoms with van der Waals surface area (Å²) < 4.78 is 1.97. The van der Waals surface area contributed by atoms with E-state index in [1.165, 1.54) is 11.1 Å². The van der Waals surface area contributed by atoms with Gasteiger partial charge < -0.3 is 10.6 Å². The van der Waals surface area contributed by atoms with Crippen LogP contribution in [0.25, 0.3) is 5.69 Å². The summed E-state index contributed by atoms with van der Waals surface area (Å²) in [5, 5.41) is 15.1. The lowest BCUT2D eigenvalue weighted by atomic mass is 9.84. The molecule has 0 fully saturated rings. The van der Waals surface area contributed by atoms with Crippen molar-refractivity contribution in [1.29, 1.82) is 0 Å². The van der Waals surface area contributed by atoms with E-state index in [1.807, 2.05) is 34.9 Å². The molecule has 0 atom stereocenters. The molecule has 2 N–H and O–H groups in total. The first-order chi connectivity index (χ1) is 14.0. The van der Waals surface area contributed by atoms with Crippen LogP contribution in [0.15, 0.2) is 65.9 Å². The van der Waals surface area contributed by atoms with Gasteiger partial charge in [0.15, 0.2) is 11.8 Å². The lowest BCUT2D eigenvalue weighted by molar-refractivity contribution is 0.508.